The number of rotatable bonds is 13. The Morgan fingerprint density at radius 1 is 0.493 bits per heavy atom. The lowest BCUT2D eigenvalue weighted by atomic mass is 10.1. The highest BCUT2D eigenvalue weighted by atomic mass is 35.5. The zero-order valence-corrected chi connectivity index (χ0v) is 39.1. The van der Waals surface area contributed by atoms with E-state index in [0.29, 0.717) is 70.9 Å². The minimum absolute atomic E-state index is 0.372. The zero-order chi connectivity index (χ0) is 48.4. The number of fused-ring (bicyclic) bond motifs is 2. The van der Waals surface area contributed by atoms with Crippen LogP contribution in [0, 0.1) is 0 Å². The van der Waals surface area contributed by atoms with Crippen molar-refractivity contribution in [3.8, 4) is 45.8 Å². The highest BCUT2D eigenvalue weighted by molar-refractivity contribution is 6.34. The quantitative estimate of drug-likeness (QED) is 0.0847. The SMILES string of the molecule is CNc1nccc(-c2cccnc2Oc2ccc(Nc3nnc(Cl)c4ccccc34)cc2)n1.CNc1nccc(-c2cccnc2Oc2ccc(Nc3nnc(N4CCOCC4)c4ccccc34)cc2)n1. The lowest BCUT2D eigenvalue weighted by molar-refractivity contribution is 0.122. The van der Waals surface area contributed by atoms with E-state index < -0.39 is 0 Å². The molecule has 0 bridgehead atoms. The topological polar surface area (TPSA) is 208 Å². The van der Waals surface area contributed by atoms with Crippen LogP contribution in [0.3, 0.4) is 0 Å². The van der Waals surface area contributed by atoms with E-state index in [-0.39, 0.29) is 0 Å². The van der Waals surface area contributed by atoms with Crippen molar-refractivity contribution in [3.05, 3.63) is 163 Å². The number of benzene rings is 4. The number of morpholine rings is 1. The Morgan fingerprint density at radius 3 is 1.49 bits per heavy atom. The van der Waals surface area contributed by atoms with Gasteiger partial charge < -0.3 is 40.4 Å². The van der Waals surface area contributed by atoms with E-state index in [1.807, 2.05) is 121 Å². The first kappa shape index (κ1) is 45.6. The molecule has 0 aliphatic carbocycles. The van der Waals surface area contributed by atoms with Gasteiger partial charge in [-0.15, -0.1) is 20.4 Å². The van der Waals surface area contributed by atoms with Crippen LogP contribution in [-0.4, -0.2) is 90.7 Å². The van der Waals surface area contributed by atoms with E-state index >= 15 is 0 Å². The van der Waals surface area contributed by atoms with E-state index in [1.54, 1.807) is 38.9 Å². The molecule has 1 saturated heterocycles. The summed E-state index contributed by atoms with van der Waals surface area (Å²) in [6.45, 7) is 3.00. The summed E-state index contributed by atoms with van der Waals surface area (Å²) in [4.78, 5) is 28.4. The lowest BCUT2D eigenvalue weighted by Crippen LogP contribution is -2.37. The number of nitrogens with one attached hydrogen (secondary N) is 4. The zero-order valence-electron chi connectivity index (χ0n) is 38.4. The third-order valence-corrected chi connectivity index (χ3v) is 11.4. The van der Waals surface area contributed by atoms with Crippen molar-refractivity contribution in [2.45, 2.75) is 0 Å². The average molecular weight is 962 g/mol. The molecule has 1 aliphatic heterocycles. The molecule has 4 N–H and O–H groups in total. The van der Waals surface area contributed by atoms with Gasteiger partial charge in [0.15, 0.2) is 22.6 Å². The molecule has 1 aliphatic rings. The van der Waals surface area contributed by atoms with Crippen molar-refractivity contribution < 1.29 is 14.2 Å². The van der Waals surface area contributed by atoms with Crippen molar-refractivity contribution in [3.63, 3.8) is 0 Å². The molecule has 0 spiro atoms. The second-order valence-electron chi connectivity index (χ2n) is 15.6. The maximum Gasteiger partial charge on any atom is 0.228 e. The number of hydrogen-bond acceptors (Lipinski definition) is 18. The Hall–Kier alpha value is -9.13. The number of hydrogen-bond donors (Lipinski definition) is 4. The van der Waals surface area contributed by atoms with Crippen LogP contribution >= 0.6 is 11.6 Å². The Bertz CT molecular complexity index is 3440. The van der Waals surface area contributed by atoms with Crippen molar-refractivity contribution in [1.29, 1.82) is 0 Å². The summed E-state index contributed by atoms with van der Waals surface area (Å²) < 4.78 is 17.7. The maximum absolute atomic E-state index is 6.17. The first-order valence-electron chi connectivity index (χ1n) is 22.5. The normalized spacial score (nSPS) is 12.1. The molecule has 7 heterocycles. The minimum atomic E-state index is 0.372. The van der Waals surface area contributed by atoms with Gasteiger partial charge in [0.1, 0.15) is 11.5 Å². The fourth-order valence-electron chi connectivity index (χ4n) is 7.66. The number of anilines is 7. The molecule has 352 valence electrons. The van der Waals surface area contributed by atoms with Crippen molar-refractivity contribution in [1.82, 2.24) is 50.3 Å². The third kappa shape index (κ3) is 10.6. The van der Waals surface area contributed by atoms with Crippen LogP contribution in [0.2, 0.25) is 5.15 Å². The molecule has 0 amide bonds. The standard InChI is InChI=1S/C28H26N8O2.C24H18ClN7O/c1-29-28-31-14-12-24(33-28)23-7-4-13-30-27(23)38-20-10-8-19(9-11-20)32-25-21-5-2-3-6-22(21)26(35-34-25)36-15-17-37-18-16-36;1-26-24-28-14-12-20(30-24)19-7-4-13-27-23(19)33-16-10-8-15(9-11-16)29-22-18-6-3-2-5-17(18)21(25)31-32-22/h2-14H,15-18H2,1H3,(H,32,34)(H,29,31,33);2-14H,1H3,(H,29,32)(H,26,28,30). The first-order valence-corrected chi connectivity index (χ1v) is 22.9. The number of ether oxygens (including phenoxy) is 3. The fourth-order valence-corrected chi connectivity index (χ4v) is 7.86. The Morgan fingerprint density at radius 2 is 0.972 bits per heavy atom. The van der Waals surface area contributed by atoms with Crippen molar-refractivity contribution in [2.24, 2.45) is 0 Å². The van der Waals surface area contributed by atoms with Crippen LogP contribution < -0.4 is 35.6 Å². The maximum atomic E-state index is 6.17. The largest absolute Gasteiger partial charge is 0.438 e. The lowest BCUT2D eigenvalue weighted by Gasteiger charge is -2.28. The average Bonchev–Trinajstić information content (AvgIpc) is 3.43. The summed E-state index contributed by atoms with van der Waals surface area (Å²) in [6, 6.07) is 42.2. The van der Waals surface area contributed by atoms with Crippen LogP contribution in [-0.2, 0) is 4.74 Å². The molecule has 0 radical (unpaired) electrons. The van der Waals surface area contributed by atoms with Crippen LogP contribution in [0.5, 0.6) is 23.3 Å². The van der Waals surface area contributed by atoms with Gasteiger partial charge in [-0.2, -0.15) is 0 Å². The van der Waals surface area contributed by atoms with Crippen LogP contribution in [0.1, 0.15) is 0 Å². The second kappa shape index (κ2) is 21.4. The molecule has 71 heavy (non-hydrogen) atoms. The van der Waals surface area contributed by atoms with E-state index in [4.69, 9.17) is 25.8 Å². The number of pyridine rings is 2. The molecular formula is C52H44ClN15O3. The third-order valence-electron chi connectivity index (χ3n) is 11.1. The van der Waals surface area contributed by atoms with Gasteiger partial charge in [0.05, 0.1) is 35.7 Å². The van der Waals surface area contributed by atoms with Gasteiger partial charge in [-0.25, -0.2) is 29.9 Å². The van der Waals surface area contributed by atoms with E-state index in [2.05, 4.69) is 88.6 Å². The smallest absolute Gasteiger partial charge is 0.228 e. The summed E-state index contributed by atoms with van der Waals surface area (Å²) in [6.07, 6.45) is 6.76. The van der Waals surface area contributed by atoms with Gasteiger partial charge in [-0.3, -0.25) is 0 Å². The molecule has 4 aromatic carbocycles. The Balaban J connectivity index is 0.000000166. The van der Waals surface area contributed by atoms with Crippen LogP contribution in [0.4, 0.5) is 40.7 Å². The van der Waals surface area contributed by atoms with E-state index in [0.717, 1.165) is 68.6 Å². The highest BCUT2D eigenvalue weighted by Gasteiger charge is 2.19. The van der Waals surface area contributed by atoms with Gasteiger partial charge in [0.25, 0.3) is 0 Å². The number of nitrogens with zero attached hydrogens (tertiary/aromatic N) is 11. The van der Waals surface area contributed by atoms with Crippen LogP contribution in [0.25, 0.3) is 44.1 Å². The summed E-state index contributed by atoms with van der Waals surface area (Å²) in [5, 5.41) is 34.1. The Labute approximate surface area is 412 Å². The number of aromatic nitrogens is 10. The predicted molar refractivity (Wildman–Crippen MR) is 276 cm³/mol. The van der Waals surface area contributed by atoms with Crippen LogP contribution in [0.15, 0.2) is 158 Å². The van der Waals surface area contributed by atoms with Crippen molar-refractivity contribution in [2.75, 3.05) is 66.6 Å². The second-order valence-corrected chi connectivity index (χ2v) is 16.0. The molecule has 10 aromatic rings. The summed E-state index contributed by atoms with van der Waals surface area (Å²) in [5.74, 6) is 5.46. The van der Waals surface area contributed by atoms with Gasteiger partial charge in [0.2, 0.25) is 23.7 Å². The summed E-state index contributed by atoms with van der Waals surface area (Å²) in [7, 11) is 3.55. The molecule has 18 nitrogen and oxygen atoms in total. The molecular weight excluding hydrogens is 918 g/mol. The highest BCUT2D eigenvalue weighted by Crippen LogP contribution is 2.35. The summed E-state index contributed by atoms with van der Waals surface area (Å²) >= 11 is 6.17. The number of halogens is 1. The monoisotopic (exact) mass is 961 g/mol. The van der Waals surface area contributed by atoms with Gasteiger partial charge in [0, 0.05) is 84.9 Å². The predicted octanol–water partition coefficient (Wildman–Crippen LogP) is 10.6. The molecule has 0 saturated carbocycles. The van der Waals surface area contributed by atoms with E-state index in [1.165, 1.54) is 0 Å². The molecule has 19 heteroatoms. The molecule has 11 rings (SSSR count). The molecule has 1 fully saturated rings. The molecule has 6 aromatic heterocycles. The molecule has 0 atom stereocenters. The van der Waals surface area contributed by atoms with E-state index in [9.17, 15) is 0 Å². The van der Waals surface area contributed by atoms with Gasteiger partial charge in [-0.05, 0) is 84.9 Å². The Kier molecular flexibility index (Phi) is 13.8. The van der Waals surface area contributed by atoms with Crippen molar-refractivity contribution >= 4 is 73.9 Å². The first-order chi connectivity index (χ1) is 35.0. The summed E-state index contributed by atoms with van der Waals surface area (Å²) in [5.41, 5.74) is 4.67. The van der Waals surface area contributed by atoms with Gasteiger partial charge >= 0.3 is 0 Å². The minimum Gasteiger partial charge on any atom is -0.438 e. The molecule has 0 unspecified atom stereocenters. The van der Waals surface area contributed by atoms with Gasteiger partial charge in [-0.1, -0.05) is 60.1 Å². The fraction of sp³-hybridized carbons (Fsp3) is 0.115.